The molecular formula is C8H9Br2N2+. The minimum absolute atomic E-state index is 0.718. The molecule has 0 aliphatic heterocycles. The molecule has 2 N–H and O–H groups in total. The fourth-order valence-corrected chi connectivity index (χ4v) is 1.14. The van der Waals surface area contributed by atoms with Crippen LogP contribution in [0.2, 0.25) is 0 Å². The van der Waals surface area contributed by atoms with Gasteiger partial charge >= 0.3 is 0 Å². The number of pyridine rings is 1. The van der Waals surface area contributed by atoms with Gasteiger partial charge in [-0.25, -0.2) is 4.57 Å². The highest BCUT2D eigenvalue weighted by Crippen LogP contribution is 2.07. The third-order valence-corrected chi connectivity index (χ3v) is 3.17. The zero-order chi connectivity index (χ0) is 8.97. The highest BCUT2D eigenvalue weighted by molar-refractivity contribution is 9.13. The van der Waals surface area contributed by atoms with Crippen molar-refractivity contribution in [2.24, 2.45) is 0 Å². The van der Waals surface area contributed by atoms with Gasteiger partial charge in [0.1, 0.15) is 6.20 Å². The fraction of sp³-hybridized carbons (Fsp3) is 0.125. The van der Waals surface area contributed by atoms with Crippen LogP contribution in [0.1, 0.15) is 0 Å². The van der Waals surface area contributed by atoms with Crippen LogP contribution in [0.3, 0.4) is 0 Å². The van der Waals surface area contributed by atoms with Crippen LogP contribution in [0.15, 0.2) is 28.9 Å². The zero-order valence-electron chi connectivity index (χ0n) is 6.37. The molecule has 0 atom stereocenters. The summed E-state index contributed by atoms with van der Waals surface area (Å²) in [5.74, 6) is 0.718. The summed E-state index contributed by atoms with van der Waals surface area (Å²) < 4.78 is 2.90. The van der Waals surface area contributed by atoms with Gasteiger partial charge in [0, 0.05) is 15.9 Å². The van der Waals surface area contributed by atoms with Crippen molar-refractivity contribution >= 4 is 43.9 Å². The van der Waals surface area contributed by atoms with E-state index in [0.717, 1.165) is 15.6 Å². The van der Waals surface area contributed by atoms with Crippen LogP contribution in [-0.4, -0.2) is 5.33 Å². The van der Waals surface area contributed by atoms with Crippen molar-refractivity contribution in [3.8, 4) is 0 Å². The van der Waals surface area contributed by atoms with Gasteiger partial charge < -0.3 is 0 Å². The maximum Gasteiger partial charge on any atom is 0.276 e. The number of nitrogen functional groups attached to an aromatic ring is 1. The van der Waals surface area contributed by atoms with Crippen LogP contribution in [0.25, 0.3) is 6.20 Å². The van der Waals surface area contributed by atoms with E-state index in [4.69, 9.17) is 5.73 Å². The summed E-state index contributed by atoms with van der Waals surface area (Å²) in [5, 5.41) is 0.786. The smallest absolute Gasteiger partial charge is 0.276 e. The predicted octanol–water partition coefficient (Wildman–Crippen LogP) is 2.14. The van der Waals surface area contributed by atoms with Crippen LogP contribution >= 0.6 is 31.9 Å². The first-order valence-corrected chi connectivity index (χ1v) is 5.33. The topological polar surface area (TPSA) is 29.9 Å². The summed E-state index contributed by atoms with van der Waals surface area (Å²) in [6.45, 7) is 0. The Morgan fingerprint density at radius 1 is 1.58 bits per heavy atom. The first-order valence-electron chi connectivity index (χ1n) is 3.42. The lowest BCUT2D eigenvalue weighted by Gasteiger charge is -1.95. The van der Waals surface area contributed by atoms with Gasteiger partial charge in [0.25, 0.3) is 5.82 Å². The minimum atomic E-state index is 0.718. The first-order chi connectivity index (χ1) is 5.74. The number of hydrogen-bond acceptors (Lipinski definition) is 1. The van der Waals surface area contributed by atoms with E-state index in [1.54, 1.807) is 0 Å². The molecule has 0 bridgehead atoms. The molecule has 64 valence electrons. The van der Waals surface area contributed by atoms with Crippen molar-refractivity contribution < 1.29 is 4.57 Å². The average Bonchev–Trinajstić information content (AvgIpc) is 2.09. The van der Waals surface area contributed by atoms with Gasteiger partial charge in [-0.2, -0.15) is 0 Å². The second kappa shape index (κ2) is 4.62. The monoisotopic (exact) mass is 291 g/mol. The molecule has 12 heavy (non-hydrogen) atoms. The van der Waals surface area contributed by atoms with Crippen molar-refractivity contribution in [2.45, 2.75) is 0 Å². The molecule has 0 unspecified atom stereocenters. The number of hydrogen-bond donors (Lipinski definition) is 1. The molecule has 1 aromatic heterocycles. The molecule has 0 radical (unpaired) electrons. The molecule has 2 nitrogen and oxygen atoms in total. The molecule has 0 saturated carbocycles. The van der Waals surface area contributed by atoms with Crippen molar-refractivity contribution in [1.29, 1.82) is 0 Å². The van der Waals surface area contributed by atoms with E-state index in [0.29, 0.717) is 0 Å². The van der Waals surface area contributed by atoms with E-state index in [9.17, 15) is 0 Å². The predicted molar refractivity (Wildman–Crippen MR) is 58.0 cm³/mol. The molecule has 0 aliphatic carbocycles. The minimum Gasteiger partial charge on any atom is -0.287 e. The molecule has 1 aromatic rings. The maximum atomic E-state index is 5.71. The first kappa shape index (κ1) is 9.74. The molecule has 1 rings (SSSR count). The summed E-state index contributed by atoms with van der Waals surface area (Å²) in [4.78, 5) is 0. The Kier molecular flexibility index (Phi) is 3.75. The Labute approximate surface area is 88.3 Å². The molecule has 0 saturated heterocycles. The number of allylic oxidation sites excluding steroid dienone is 1. The SMILES string of the molecule is Nc1cccc[n+]1C=C(Br)CBr. The summed E-state index contributed by atoms with van der Waals surface area (Å²) in [5.41, 5.74) is 5.71. The van der Waals surface area contributed by atoms with Crippen LogP contribution in [0, 0.1) is 0 Å². The summed E-state index contributed by atoms with van der Waals surface area (Å²) >= 11 is 6.71. The number of nitrogens with zero attached hydrogens (tertiary/aromatic N) is 1. The molecule has 0 amide bonds. The number of nitrogens with two attached hydrogens (primary N) is 1. The van der Waals surface area contributed by atoms with E-state index in [1.807, 2.05) is 35.2 Å². The quantitative estimate of drug-likeness (QED) is 0.657. The summed E-state index contributed by atoms with van der Waals surface area (Å²) in [6, 6.07) is 5.69. The number of aromatic nitrogens is 1. The van der Waals surface area contributed by atoms with E-state index in [-0.39, 0.29) is 0 Å². The zero-order valence-corrected chi connectivity index (χ0v) is 9.55. The van der Waals surface area contributed by atoms with Crippen molar-refractivity contribution in [3.05, 3.63) is 28.9 Å². The Morgan fingerprint density at radius 3 is 2.92 bits per heavy atom. The normalized spacial score (nSPS) is 11.7. The fourth-order valence-electron chi connectivity index (χ4n) is 0.772. The summed E-state index contributed by atoms with van der Waals surface area (Å²) in [6.07, 6.45) is 3.82. The lowest BCUT2D eigenvalue weighted by molar-refractivity contribution is -0.552. The molecule has 0 aromatic carbocycles. The van der Waals surface area contributed by atoms with E-state index < -0.39 is 0 Å². The van der Waals surface area contributed by atoms with E-state index in [2.05, 4.69) is 31.9 Å². The van der Waals surface area contributed by atoms with Crippen molar-refractivity contribution in [3.63, 3.8) is 0 Å². The average molecular weight is 293 g/mol. The number of anilines is 1. The lowest BCUT2D eigenvalue weighted by Crippen LogP contribution is -2.29. The molecule has 4 heteroatoms. The van der Waals surface area contributed by atoms with Gasteiger partial charge in [0.15, 0.2) is 0 Å². The third kappa shape index (κ3) is 2.60. The Bertz CT molecular complexity index is 297. The third-order valence-electron chi connectivity index (χ3n) is 1.33. The Morgan fingerprint density at radius 2 is 2.33 bits per heavy atom. The Hall–Kier alpha value is -0.350. The Balaban J connectivity index is 2.96. The molecule has 0 spiro atoms. The number of alkyl halides is 1. The van der Waals surface area contributed by atoms with Gasteiger partial charge in [-0.05, 0) is 6.07 Å². The number of rotatable bonds is 2. The van der Waals surface area contributed by atoms with Gasteiger partial charge in [-0.15, -0.1) is 0 Å². The molecule has 0 aliphatic rings. The van der Waals surface area contributed by atoms with Crippen molar-refractivity contribution in [2.75, 3.05) is 11.1 Å². The van der Waals surface area contributed by atoms with Gasteiger partial charge in [0.05, 0.1) is 6.20 Å². The van der Waals surface area contributed by atoms with E-state index in [1.165, 1.54) is 0 Å². The number of halogens is 2. The molecule has 0 fully saturated rings. The largest absolute Gasteiger partial charge is 0.287 e. The second-order valence-electron chi connectivity index (χ2n) is 2.24. The van der Waals surface area contributed by atoms with Gasteiger partial charge in [0.2, 0.25) is 0 Å². The standard InChI is InChI=1S/C8H8Br2N2/c9-5-7(10)6-12-4-2-1-3-8(12)11/h1-4,6,11H,5H2/p+1. The molecular weight excluding hydrogens is 284 g/mol. The highest BCUT2D eigenvalue weighted by Gasteiger charge is 1.99. The maximum absolute atomic E-state index is 5.71. The van der Waals surface area contributed by atoms with Crippen LogP contribution < -0.4 is 10.3 Å². The van der Waals surface area contributed by atoms with Crippen molar-refractivity contribution in [1.82, 2.24) is 0 Å². The summed E-state index contributed by atoms with van der Waals surface area (Å²) in [7, 11) is 0. The van der Waals surface area contributed by atoms with Crippen LogP contribution in [-0.2, 0) is 0 Å². The van der Waals surface area contributed by atoms with Gasteiger partial charge in [-0.3, -0.25) is 5.73 Å². The van der Waals surface area contributed by atoms with Crippen LogP contribution in [0.5, 0.6) is 0 Å². The van der Waals surface area contributed by atoms with Gasteiger partial charge in [-0.1, -0.05) is 37.9 Å². The molecule has 1 heterocycles. The highest BCUT2D eigenvalue weighted by atomic mass is 79.9. The lowest BCUT2D eigenvalue weighted by atomic mass is 10.4. The van der Waals surface area contributed by atoms with Crippen LogP contribution in [0.4, 0.5) is 5.82 Å². The second-order valence-corrected chi connectivity index (χ2v) is 3.82. The van der Waals surface area contributed by atoms with E-state index >= 15 is 0 Å².